The zero-order valence-electron chi connectivity index (χ0n) is 32.1. The monoisotopic (exact) mass is 796 g/mol. The van der Waals surface area contributed by atoms with Gasteiger partial charge in [-0.25, -0.2) is 0 Å². The second-order valence-electron chi connectivity index (χ2n) is 15.8. The minimum Gasteiger partial charge on any atom is -0.506 e. The number of fused-ring (bicyclic) bond motifs is 5. The molecule has 5 heterocycles. The molecular formula is C46H40N2O11. The number of methoxy groups -OCH3 is 1. The molecule has 6 atom stereocenters. The summed E-state index contributed by atoms with van der Waals surface area (Å²) in [6.45, 7) is -0.350. The zero-order chi connectivity index (χ0) is 40.5. The van der Waals surface area contributed by atoms with Crippen LogP contribution in [0.4, 0.5) is 0 Å². The van der Waals surface area contributed by atoms with Gasteiger partial charge in [-0.1, -0.05) is 43.0 Å². The van der Waals surface area contributed by atoms with E-state index in [1.807, 2.05) is 12.1 Å². The van der Waals surface area contributed by atoms with Crippen molar-refractivity contribution in [3.63, 3.8) is 0 Å². The number of hydrogen-bond acceptors (Lipinski definition) is 12. The molecule has 59 heavy (non-hydrogen) atoms. The van der Waals surface area contributed by atoms with Gasteiger partial charge in [-0.15, -0.1) is 0 Å². The van der Waals surface area contributed by atoms with Crippen molar-refractivity contribution in [2.45, 2.75) is 81.4 Å². The van der Waals surface area contributed by atoms with Gasteiger partial charge in [0.2, 0.25) is 6.29 Å². The summed E-state index contributed by atoms with van der Waals surface area (Å²) < 4.78 is 31.3. The number of rotatable bonds is 3. The maximum absolute atomic E-state index is 14.7. The summed E-state index contributed by atoms with van der Waals surface area (Å²) in [7, 11) is 1.49. The number of nitrogens with zero attached hydrogens (tertiary/aromatic N) is 2. The van der Waals surface area contributed by atoms with E-state index in [2.05, 4.69) is 17.0 Å². The average molecular weight is 797 g/mol. The van der Waals surface area contributed by atoms with Crippen LogP contribution in [-0.2, 0) is 32.0 Å². The van der Waals surface area contributed by atoms with Gasteiger partial charge in [0.15, 0.2) is 23.8 Å². The fraction of sp³-hybridized carbons (Fsp3) is 0.348. The van der Waals surface area contributed by atoms with E-state index in [0.29, 0.717) is 44.7 Å². The Morgan fingerprint density at radius 1 is 1.03 bits per heavy atom. The SMILES string of the molecule is COc1cc2cc(C3CCCC3)c3c(O)c2c2c1C=CC(C1=C4C(=O)C=CC=C4N=C1)OCC1OC(O2)C(O)C(OC#CCc2cccc4c2CN(CC3=O)C4=O)C1O. The van der Waals surface area contributed by atoms with Gasteiger partial charge < -0.3 is 43.9 Å². The Hall–Kier alpha value is -6.04. The Balaban J connectivity index is 1.21. The molecule has 0 spiro atoms. The molecule has 5 aliphatic heterocycles. The number of aliphatic imine (C=N–C) groups is 1. The van der Waals surface area contributed by atoms with Crippen molar-refractivity contribution in [2.24, 2.45) is 4.99 Å². The van der Waals surface area contributed by atoms with Gasteiger partial charge in [-0.2, -0.15) is 0 Å². The number of amides is 1. The zero-order valence-corrected chi connectivity index (χ0v) is 32.1. The normalized spacial score (nSPS) is 27.4. The number of ether oxygens (including phenoxy) is 5. The van der Waals surface area contributed by atoms with Crippen LogP contribution in [0.1, 0.15) is 74.6 Å². The Morgan fingerprint density at radius 2 is 1.88 bits per heavy atom. The van der Waals surface area contributed by atoms with Crippen LogP contribution in [0.2, 0.25) is 0 Å². The number of phenolic OH excluding ortho intramolecular Hbond substituents is 1. The number of hydrogen-bond donors (Lipinski definition) is 3. The van der Waals surface area contributed by atoms with Crippen molar-refractivity contribution in [1.82, 2.24) is 4.90 Å². The molecule has 8 bridgehead atoms. The lowest BCUT2D eigenvalue weighted by Gasteiger charge is -2.41. The average Bonchev–Trinajstić information content (AvgIpc) is 3.99. The highest BCUT2D eigenvalue weighted by atomic mass is 16.7. The van der Waals surface area contributed by atoms with E-state index in [1.165, 1.54) is 18.1 Å². The Bertz CT molecular complexity index is 2570. The van der Waals surface area contributed by atoms with E-state index >= 15 is 0 Å². The number of ketones is 2. The summed E-state index contributed by atoms with van der Waals surface area (Å²) in [5.74, 6) is 1.94. The van der Waals surface area contributed by atoms with Crippen LogP contribution in [-0.4, -0.2) is 101 Å². The molecule has 13 heteroatoms. The minimum absolute atomic E-state index is 0.00945. The summed E-state index contributed by atoms with van der Waals surface area (Å²) in [6.07, 6.45) is 8.06. The smallest absolute Gasteiger partial charge is 0.254 e. The number of benzene rings is 3. The summed E-state index contributed by atoms with van der Waals surface area (Å²) in [4.78, 5) is 47.6. The van der Waals surface area contributed by atoms with E-state index in [0.717, 1.165) is 36.8 Å². The predicted molar refractivity (Wildman–Crippen MR) is 213 cm³/mol. The number of Topliss-reactive ketones (excluding diaryl/α,β-unsaturated/α-hetero) is 1. The third kappa shape index (κ3) is 6.17. The highest BCUT2D eigenvalue weighted by Crippen LogP contribution is 2.49. The van der Waals surface area contributed by atoms with Gasteiger partial charge in [0.05, 0.1) is 48.0 Å². The van der Waals surface area contributed by atoms with Crippen LogP contribution < -0.4 is 9.47 Å². The first-order valence-electron chi connectivity index (χ1n) is 19.9. The second-order valence-corrected chi connectivity index (χ2v) is 15.8. The molecule has 3 N–H and O–H groups in total. The molecular weight excluding hydrogens is 757 g/mol. The molecule has 1 saturated heterocycles. The molecule has 1 amide bonds. The van der Waals surface area contributed by atoms with E-state index in [-0.39, 0.29) is 66.2 Å². The van der Waals surface area contributed by atoms with Crippen LogP contribution in [0, 0.1) is 12.0 Å². The molecule has 10 rings (SSSR count). The van der Waals surface area contributed by atoms with Crippen molar-refractivity contribution < 1.29 is 53.4 Å². The maximum atomic E-state index is 14.7. The van der Waals surface area contributed by atoms with Crippen molar-refractivity contribution in [1.29, 1.82) is 0 Å². The number of aromatic hydroxyl groups is 1. The molecule has 6 unspecified atom stereocenters. The molecule has 13 nitrogen and oxygen atoms in total. The van der Waals surface area contributed by atoms with Crippen molar-refractivity contribution in [2.75, 3.05) is 20.3 Å². The number of aliphatic hydroxyl groups excluding tert-OH is 2. The molecule has 2 aliphatic carbocycles. The third-order valence-electron chi connectivity index (χ3n) is 12.4. The lowest BCUT2D eigenvalue weighted by Crippen LogP contribution is -2.61. The second kappa shape index (κ2) is 14.7. The van der Waals surface area contributed by atoms with Gasteiger partial charge in [0, 0.05) is 30.3 Å². The molecule has 1 saturated carbocycles. The van der Waals surface area contributed by atoms with E-state index in [9.17, 15) is 29.7 Å². The van der Waals surface area contributed by atoms with E-state index in [4.69, 9.17) is 23.7 Å². The largest absolute Gasteiger partial charge is 0.506 e. The standard InChI is InChI=1S/C46H40N2O11/c1-55-35-18-25-17-28(23-7-2-3-8-23)39-33(50)21-48-20-30-24(9-4-11-26(30)45(48)54)10-6-16-56-44-40(51)36-22-57-34(29-19-47-31-12-5-13-32(49)38(29)31)15-14-27(35)43(37(25)41(39)52)59-46(58-36)42(44)53/h4-5,9,11-15,17-19,23,34,36,40,42,44,46,51-53H,2-3,7-8,10,20-22H2,1H3. The molecule has 2 fully saturated rings. The van der Waals surface area contributed by atoms with Crippen LogP contribution in [0.15, 0.2) is 76.5 Å². The van der Waals surface area contributed by atoms with Gasteiger partial charge in [-0.3, -0.25) is 19.4 Å². The van der Waals surface area contributed by atoms with Crippen molar-refractivity contribution in [3.05, 3.63) is 105 Å². The van der Waals surface area contributed by atoms with Gasteiger partial charge in [-0.05, 0) is 77.3 Å². The first-order valence-corrected chi connectivity index (χ1v) is 19.9. The molecule has 3 aromatic carbocycles. The topological polar surface area (TPSA) is 174 Å². The Labute approximate surface area is 338 Å². The van der Waals surface area contributed by atoms with Gasteiger partial charge >= 0.3 is 0 Å². The number of phenols is 1. The van der Waals surface area contributed by atoms with Crippen LogP contribution in [0.25, 0.3) is 16.8 Å². The molecule has 7 aliphatic rings. The number of aliphatic hydroxyl groups is 2. The first kappa shape index (κ1) is 37.2. The Morgan fingerprint density at radius 3 is 2.71 bits per heavy atom. The number of allylic oxidation sites excluding steroid dienone is 4. The number of carbonyl (C=O) groups excluding carboxylic acids is 3. The maximum Gasteiger partial charge on any atom is 0.254 e. The van der Waals surface area contributed by atoms with Gasteiger partial charge in [0.1, 0.15) is 41.7 Å². The summed E-state index contributed by atoms with van der Waals surface area (Å²) in [5.41, 5.74) is 4.35. The molecule has 0 aromatic heterocycles. The summed E-state index contributed by atoms with van der Waals surface area (Å²) in [6, 6.07) is 8.97. The van der Waals surface area contributed by atoms with Crippen molar-refractivity contribution in [3.8, 4) is 29.3 Å². The summed E-state index contributed by atoms with van der Waals surface area (Å²) >= 11 is 0. The first-order chi connectivity index (χ1) is 28.7. The quantitative estimate of drug-likeness (QED) is 0.317. The third-order valence-corrected chi connectivity index (χ3v) is 12.4. The fourth-order valence-electron chi connectivity index (χ4n) is 9.43. The number of carbonyl (C=O) groups is 3. The van der Waals surface area contributed by atoms with Crippen LogP contribution >= 0.6 is 0 Å². The Kier molecular flexibility index (Phi) is 9.25. The predicted octanol–water partition coefficient (Wildman–Crippen LogP) is 4.59. The highest BCUT2D eigenvalue weighted by molar-refractivity contribution is 6.15. The van der Waals surface area contributed by atoms with Gasteiger partial charge in [0.25, 0.3) is 5.91 Å². The van der Waals surface area contributed by atoms with Crippen LogP contribution in [0.5, 0.6) is 17.2 Å². The van der Waals surface area contributed by atoms with Crippen LogP contribution in [0.3, 0.4) is 0 Å². The van der Waals surface area contributed by atoms with E-state index in [1.54, 1.807) is 48.7 Å². The van der Waals surface area contributed by atoms with Crippen molar-refractivity contribution >= 4 is 40.5 Å². The molecule has 0 radical (unpaired) electrons. The fourth-order valence-corrected chi connectivity index (χ4v) is 9.43. The highest BCUT2D eigenvalue weighted by Gasteiger charge is 2.49. The molecule has 3 aromatic rings. The lowest BCUT2D eigenvalue weighted by molar-refractivity contribution is -0.279. The minimum atomic E-state index is -1.62. The summed E-state index contributed by atoms with van der Waals surface area (Å²) in [5, 5.41) is 36.8. The van der Waals surface area contributed by atoms with E-state index < -0.39 is 42.6 Å². The molecule has 300 valence electrons. The lowest BCUT2D eigenvalue weighted by atomic mass is 9.86.